The highest BCUT2D eigenvalue weighted by Gasteiger charge is 2.13. The van der Waals surface area contributed by atoms with E-state index in [1.807, 2.05) is 6.92 Å². The fraction of sp³-hybridized carbons (Fsp3) is 0.417. The van der Waals surface area contributed by atoms with Crippen LogP contribution in [0.15, 0.2) is 18.2 Å². The Morgan fingerprint density at radius 3 is 2.79 bits per heavy atom. The smallest absolute Gasteiger partial charge is 0.271 e. The number of nitrogens with one attached hydrogen (secondary N) is 1. The minimum Gasteiger partial charge on any atom is -0.352 e. The number of alkyl halides is 1. The Labute approximate surface area is 124 Å². The maximum absolute atomic E-state index is 11.8. The molecule has 1 N–H and O–H groups in total. The number of halogens is 2. The van der Waals surface area contributed by atoms with Crippen LogP contribution in [0.3, 0.4) is 0 Å². The standard InChI is InChI=1S/C12H14BrClN2O3/c1-8(13)3-2-4-15-12(17)9-5-10(14)7-11(6-9)16(18)19/h5-8H,2-4H2,1H3,(H,15,17). The first-order valence-corrected chi connectivity index (χ1v) is 7.06. The van der Waals surface area contributed by atoms with E-state index in [1.54, 1.807) is 0 Å². The number of hydrogen-bond donors (Lipinski definition) is 1. The molecule has 1 amide bonds. The molecule has 0 spiro atoms. The quantitative estimate of drug-likeness (QED) is 0.369. The number of nitro benzene ring substituents is 1. The topological polar surface area (TPSA) is 72.2 Å². The summed E-state index contributed by atoms with van der Waals surface area (Å²) in [4.78, 5) is 22.3. The SMILES string of the molecule is CC(Br)CCCNC(=O)c1cc(Cl)cc([N+](=O)[O-])c1. The summed E-state index contributed by atoms with van der Waals surface area (Å²) in [5, 5.41) is 13.6. The highest BCUT2D eigenvalue weighted by Crippen LogP contribution is 2.20. The van der Waals surface area contributed by atoms with Crippen molar-refractivity contribution in [2.45, 2.75) is 24.6 Å². The van der Waals surface area contributed by atoms with Crippen LogP contribution in [0, 0.1) is 10.1 Å². The second kappa shape index (κ2) is 7.45. The van der Waals surface area contributed by atoms with Crippen molar-refractivity contribution >= 4 is 39.1 Å². The predicted octanol–water partition coefficient (Wildman–Crippen LogP) is 3.54. The minimum absolute atomic E-state index is 0.174. The molecule has 7 heteroatoms. The maximum Gasteiger partial charge on any atom is 0.271 e. The lowest BCUT2D eigenvalue weighted by molar-refractivity contribution is -0.384. The molecule has 19 heavy (non-hydrogen) atoms. The lowest BCUT2D eigenvalue weighted by atomic mass is 10.2. The summed E-state index contributed by atoms with van der Waals surface area (Å²) in [5.74, 6) is -0.354. The third kappa shape index (κ3) is 5.57. The number of hydrogen-bond acceptors (Lipinski definition) is 3. The van der Waals surface area contributed by atoms with Crippen molar-refractivity contribution < 1.29 is 9.72 Å². The molecule has 0 saturated heterocycles. The number of nitrogens with zero attached hydrogens (tertiary/aromatic N) is 1. The lowest BCUT2D eigenvalue weighted by Crippen LogP contribution is -2.24. The van der Waals surface area contributed by atoms with Crippen molar-refractivity contribution in [2.75, 3.05) is 6.54 Å². The molecular formula is C12H14BrClN2O3. The van der Waals surface area contributed by atoms with Crippen molar-refractivity contribution in [1.82, 2.24) is 5.32 Å². The first-order chi connectivity index (χ1) is 8.90. The van der Waals surface area contributed by atoms with Gasteiger partial charge in [0.1, 0.15) is 0 Å². The van der Waals surface area contributed by atoms with Gasteiger partial charge in [0.2, 0.25) is 0 Å². The number of rotatable bonds is 6. The van der Waals surface area contributed by atoms with E-state index >= 15 is 0 Å². The van der Waals surface area contributed by atoms with Gasteiger partial charge in [-0.25, -0.2) is 0 Å². The molecule has 1 rings (SSSR count). The van der Waals surface area contributed by atoms with Gasteiger partial charge in [0.05, 0.1) is 4.92 Å². The number of non-ortho nitro benzene ring substituents is 1. The Morgan fingerprint density at radius 2 is 2.21 bits per heavy atom. The van der Waals surface area contributed by atoms with Crippen LogP contribution >= 0.6 is 27.5 Å². The molecule has 0 heterocycles. The van der Waals surface area contributed by atoms with Gasteiger partial charge in [-0.05, 0) is 18.9 Å². The van der Waals surface area contributed by atoms with Crippen molar-refractivity contribution in [2.24, 2.45) is 0 Å². The fourth-order valence-corrected chi connectivity index (χ4v) is 2.05. The van der Waals surface area contributed by atoms with Crippen molar-refractivity contribution in [3.63, 3.8) is 0 Å². The average Bonchev–Trinajstić information content (AvgIpc) is 2.33. The monoisotopic (exact) mass is 348 g/mol. The van der Waals surface area contributed by atoms with E-state index in [-0.39, 0.29) is 22.2 Å². The fourth-order valence-electron chi connectivity index (χ4n) is 1.50. The first-order valence-electron chi connectivity index (χ1n) is 5.77. The predicted molar refractivity (Wildman–Crippen MR) is 78.1 cm³/mol. The molecule has 0 aromatic heterocycles. The average molecular weight is 350 g/mol. The van der Waals surface area contributed by atoms with E-state index in [0.717, 1.165) is 12.8 Å². The maximum atomic E-state index is 11.8. The van der Waals surface area contributed by atoms with Crippen LogP contribution < -0.4 is 5.32 Å². The Balaban J connectivity index is 2.64. The number of nitro groups is 1. The normalized spacial score (nSPS) is 11.9. The van der Waals surface area contributed by atoms with E-state index in [9.17, 15) is 14.9 Å². The molecule has 0 aliphatic heterocycles. The largest absolute Gasteiger partial charge is 0.352 e. The number of amides is 1. The Hall–Kier alpha value is -1.14. The molecule has 1 aromatic carbocycles. The van der Waals surface area contributed by atoms with Crippen LogP contribution in [0.25, 0.3) is 0 Å². The zero-order valence-electron chi connectivity index (χ0n) is 10.4. The summed E-state index contributed by atoms with van der Waals surface area (Å²) in [7, 11) is 0. The molecule has 0 saturated carbocycles. The summed E-state index contributed by atoms with van der Waals surface area (Å²) in [5.41, 5.74) is 0.0119. The first kappa shape index (κ1) is 15.9. The molecule has 1 atom stereocenters. The zero-order valence-corrected chi connectivity index (χ0v) is 12.7. The van der Waals surface area contributed by atoms with Crippen LogP contribution in [-0.2, 0) is 0 Å². The molecule has 0 aliphatic rings. The van der Waals surface area contributed by atoms with Gasteiger partial charge in [0, 0.05) is 34.1 Å². The molecule has 104 valence electrons. The molecular weight excluding hydrogens is 336 g/mol. The third-order valence-corrected chi connectivity index (χ3v) is 3.10. The van der Waals surface area contributed by atoms with E-state index < -0.39 is 4.92 Å². The van der Waals surface area contributed by atoms with Gasteiger partial charge in [-0.2, -0.15) is 0 Å². The minimum atomic E-state index is -0.574. The summed E-state index contributed by atoms with van der Waals surface area (Å²) in [6, 6.07) is 3.84. The molecule has 5 nitrogen and oxygen atoms in total. The van der Waals surface area contributed by atoms with Crippen molar-refractivity contribution in [1.29, 1.82) is 0 Å². The summed E-state index contributed by atoms with van der Waals surface area (Å²) < 4.78 is 0. The highest BCUT2D eigenvalue weighted by molar-refractivity contribution is 9.09. The second-order valence-electron chi connectivity index (χ2n) is 4.13. The van der Waals surface area contributed by atoms with E-state index in [4.69, 9.17) is 11.6 Å². The summed E-state index contributed by atoms with van der Waals surface area (Å²) in [6.45, 7) is 2.55. The second-order valence-corrected chi connectivity index (χ2v) is 6.13. The van der Waals surface area contributed by atoms with Crippen LogP contribution in [0.1, 0.15) is 30.1 Å². The molecule has 0 fully saturated rings. The lowest BCUT2D eigenvalue weighted by Gasteiger charge is -2.06. The molecule has 1 aromatic rings. The van der Waals surface area contributed by atoms with Crippen LogP contribution in [0.5, 0.6) is 0 Å². The number of carbonyl (C=O) groups is 1. The summed E-state index contributed by atoms with van der Waals surface area (Å²) in [6.07, 6.45) is 1.77. The molecule has 0 bridgehead atoms. The van der Waals surface area contributed by atoms with Gasteiger partial charge in [0.15, 0.2) is 0 Å². The van der Waals surface area contributed by atoms with Gasteiger partial charge < -0.3 is 5.32 Å². The molecule has 1 unspecified atom stereocenters. The van der Waals surface area contributed by atoms with E-state index in [2.05, 4.69) is 21.2 Å². The highest BCUT2D eigenvalue weighted by atomic mass is 79.9. The molecule has 0 radical (unpaired) electrons. The van der Waals surface area contributed by atoms with Gasteiger partial charge in [-0.15, -0.1) is 0 Å². The Bertz CT molecular complexity index is 480. The Kier molecular flexibility index (Phi) is 6.24. The van der Waals surface area contributed by atoms with Gasteiger partial charge in [-0.3, -0.25) is 14.9 Å². The van der Waals surface area contributed by atoms with Crippen LogP contribution in [0.2, 0.25) is 5.02 Å². The van der Waals surface area contributed by atoms with Gasteiger partial charge in [-0.1, -0.05) is 34.5 Å². The van der Waals surface area contributed by atoms with Crippen molar-refractivity contribution in [3.8, 4) is 0 Å². The Morgan fingerprint density at radius 1 is 1.53 bits per heavy atom. The van der Waals surface area contributed by atoms with Crippen molar-refractivity contribution in [3.05, 3.63) is 38.9 Å². The molecule has 0 aliphatic carbocycles. The van der Waals surface area contributed by atoms with Crippen LogP contribution in [-0.4, -0.2) is 22.2 Å². The zero-order chi connectivity index (χ0) is 14.4. The number of carbonyl (C=O) groups excluding carboxylic acids is 1. The number of benzene rings is 1. The van der Waals surface area contributed by atoms with Crippen LogP contribution in [0.4, 0.5) is 5.69 Å². The van der Waals surface area contributed by atoms with E-state index in [0.29, 0.717) is 11.4 Å². The van der Waals surface area contributed by atoms with Gasteiger partial charge in [0.25, 0.3) is 11.6 Å². The summed E-state index contributed by atoms with van der Waals surface area (Å²) >= 11 is 9.17. The third-order valence-electron chi connectivity index (χ3n) is 2.42. The van der Waals surface area contributed by atoms with E-state index in [1.165, 1.54) is 18.2 Å². The van der Waals surface area contributed by atoms with Gasteiger partial charge >= 0.3 is 0 Å².